The average Bonchev–Trinajstić information content (AvgIpc) is 2.60. The van der Waals surface area contributed by atoms with E-state index in [4.69, 9.17) is 9.84 Å². The van der Waals surface area contributed by atoms with E-state index in [0.717, 1.165) is 18.7 Å². The fourth-order valence-electron chi connectivity index (χ4n) is 2.70. The predicted octanol–water partition coefficient (Wildman–Crippen LogP) is -0.725. The van der Waals surface area contributed by atoms with Crippen molar-refractivity contribution in [3.63, 3.8) is 0 Å². The minimum atomic E-state index is -3.75. The summed E-state index contributed by atoms with van der Waals surface area (Å²) in [5.41, 5.74) is -1.83. The fourth-order valence-corrected chi connectivity index (χ4v) is 4.82. The number of rotatable bonds is 5. The third-order valence-electron chi connectivity index (χ3n) is 4.64. The first-order valence-corrected chi connectivity index (χ1v) is 8.92. The minimum Gasteiger partial charge on any atom is -0.480 e. The van der Waals surface area contributed by atoms with Crippen molar-refractivity contribution in [3.05, 3.63) is 0 Å². The molecule has 0 aliphatic carbocycles. The van der Waals surface area contributed by atoms with E-state index in [1.54, 1.807) is 0 Å². The van der Waals surface area contributed by atoms with Gasteiger partial charge in [-0.2, -0.15) is 0 Å². The van der Waals surface area contributed by atoms with E-state index < -0.39 is 62.0 Å². The van der Waals surface area contributed by atoms with E-state index in [1.165, 1.54) is 13.8 Å². The molecule has 1 amide bonds. The van der Waals surface area contributed by atoms with Crippen LogP contribution in [0.2, 0.25) is 0 Å². The second-order valence-corrected chi connectivity index (χ2v) is 9.64. The summed E-state index contributed by atoms with van der Waals surface area (Å²) in [4.78, 5) is 47.5. The Morgan fingerprint density at radius 2 is 1.84 bits per heavy atom. The van der Waals surface area contributed by atoms with Gasteiger partial charge in [0, 0.05) is 0 Å². The topological polar surface area (TPSA) is 144 Å². The van der Waals surface area contributed by atoms with Gasteiger partial charge < -0.3 is 19.5 Å². The molecule has 2 fully saturated rings. The van der Waals surface area contributed by atoms with Gasteiger partial charge in [0.05, 0.1) is 11.2 Å². The zero-order chi connectivity index (χ0) is 19.4. The summed E-state index contributed by atoms with van der Waals surface area (Å²) in [7, 11) is -3.75. The first-order chi connectivity index (χ1) is 11.3. The van der Waals surface area contributed by atoms with Crippen molar-refractivity contribution < 1.29 is 42.2 Å². The van der Waals surface area contributed by atoms with Crippen molar-refractivity contribution in [2.45, 2.75) is 50.3 Å². The summed E-state index contributed by atoms with van der Waals surface area (Å²) in [6.07, 6.45) is -0.183. The number of amides is 1. The summed E-state index contributed by atoms with van der Waals surface area (Å²) in [5.74, 6) is -4.06. The highest BCUT2D eigenvalue weighted by molar-refractivity contribution is 7.93. The number of carboxylic acid groups (broad SMARTS) is 1. The molecule has 2 saturated heterocycles. The van der Waals surface area contributed by atoms with Crippen molar-refractivity contribution in [3.8, 4) is 0 Å². The number of ether oxygens (including phenoxy) is 2. The summed E-state index contributed by atoms with van der Waals surface area (Å²) in [5, 5.41) is 7.85. The monoisotopic (exact) mass is 377 g/mol. The van der Waals surface area contributed by atoms with Crippen LogP contribution in [-0.2, 0) is 38.5 Å². The number of sulfone groups is 1. The Hall–Kier alpha value is -2.17. The second kappa shape index (κ2) is 5.68. The van der Waals surface area contributed by atoms with Crippen LogP contribution >= 0.6 is 0 Å². The zero-order valence-corrected chi connectivity index (χ0v) is 15.0. The Morgan fingerprint density at radius 1 is 1.28 bits per heavy atom. The molecule has 2 aliphatic rings. The molecule has 0 radical (unpaired) electrons. The number of hydrogen-bond donors (Lipinski definition) is 1. The van der Waals surface area contributed by atoms with E-state index in [9.17, 15) is 27.6 Å². The predicted molar refractivity (Wildman–Crippen MR) is 80.5 cm³/mol. The number of nitrogens with zero attached hydrogens (tertiary/aromatic N) is 1. The Labute approximate surface area is 144 Å². The summed E-state index contributed by atoms with van der Waals surface area (Å²) in [6, 6.07) is -1.35. The molecule has 2 aliphatic heterocycles. The molecule has 0 spiro atoms. The van der Waals surface area contributed by atoms with Crippen LogP contribution in [0.4, 0.5) is 0 Å². The molecule has 11 heteroatoms. The maximum absolute atomic E-state index is 12.4. The number of carbonyl (C=O) groups is 4. The van der Waals surface area contributed by atoms with Crippen LogP contribution in [0, 0.1) is 5.41 Å². The van der Waals surface area contributed by atoms with E-state index >= 15 is 0 Å². The minimum absolute atomic E-state index is 0.183. The van der Waals surface area contributed by atoms with Crippen molar-refractivity contribution in [2.75, 3.05) is 6.79 Å². The van der Waals surface area contributed by atoms with Gasteiger partial charge in [-0.25, -0.2) is 13.2 Å². The van der Waals surface area contributed by atoms with Crippen LogP contribution in [-0.4, -0.2) is 65.2 Å². The Bertz CT molecular complexity index is 752. The van der Waals surface area contributed by atoms with Crippen LogP contribution in [0.3, 0.4) is 0 Å². The molecule has 0 aromatic heterocycles. The van der Waals surface area contributed by atoms with Gasteiger partial charge in [0.25, 0.3) is 0 Å². The van der Waals surface area contributed by atoms with Crippen molar-refractivity contribution in [2.24, 2.45) is 5.41 Å². The molecule has 140 valence electrons. The lowest BCUT2D eigenvalue weighted by Crippen LogP contribution is -2.57. The van der Waals surface area contributed by atoms with E-state index in [0.29, 0.717) is 0 Å². The lowest BCUT2D eigenvalue weighted by Gasteiger charge is -2.36. The van der Waals surface area contributed by atoms with Crippen LogP contribution in [0.25, 0.3) is 0 Å². The van der Waals surface area contributed by atoms with Crippen molar-refractivity contribution >= 4 is 33.7 Å². The van der Waals surface area contributed by atoms with E-state index in [1.807, 2.05) is 0 Å². The van der Waals surface area contributed by atoms with Crippen molar-refractivity contribution in [1.82, 2.24) is 4.90 Å². The Morgan fingerprint density at radius 3 is 2.32 bits per heavy atom. The molecule has 25 heavy (non-hydrogen) atoms. The molecule has 0 saturated carbocycles. The molecule has 0 aromatic carbocycles. The molecular formula is C14H19NO9S. The molecule has 2 rings (SSSR count). The van der Waals surface area contributed by atoms with Gasteiger partial charge in [0.15, 0.2) is 15.3 Å². The Kier molecular flexibility index (Phi) is 4.35. The molecule has 0 unspecified atom stereocenters. The molecule has 2 atom stereocenters. The molecule has 0 bridgehead atoms. The van der Waals surface area contributed by atoms with Gasteiger partial charge in [0.2, 0.25) is 12.7 Å². The normalized spacial score (nSPS) is 26.4. The maximum atomic E-state index is 12.4. The molecule has 0 aromatic rings. The first kappa shape index (κ1) is 19.2. The SMILES string of the molecule is CC(C)(C(=O)O)C(=O)OCOC(=O)[C@@H]1N2C(=O)C[C@H]2S(=O)(=O)C1(C)C. The van der Waals surface area contributed by atoms with Gasteiger partial charge in [-0.3, -0.25) is 14.4 Å². The molecule has 2 heterocycles. The van der Waals surface area contributed by atoms with Crippen molar-refractivity contribution in [1.29, 1.82) is 0 Å². The Balaban J connectivity index is 2.05. The highest BCUT2D eigenvalue weighted by atomic mass is 32.2. The third kappa shape index (κ3) is 2.66. The zero-order valence-electron chi connectivity index (χ0n) is 14.1. The van der Waals surface area contributed by atoms with E-state index in [2.05, 4.69) is 4.74 Å². The number of β-lactam (4-membered cyclic amide) rings is 1. The highest BCUT2D eigenvalue weighted by Crippen LogP contribution is 2.45. The molecule has 10 nitrogen and oxygen atoms in total. The number of aliphatic carboxylic acids is 1. The largest absolute Gasteiger partial charge is 0.480 e. The summed E-state index contributed by atoms with van der Waals surface area (Å²) in [6.45, 7) is 4.00. The van der Waals surface area contributed by atoms with Crippen LogP contribution in [0.15, 0.2) is 0 Å². The van der Waals surface area contributed by atoms with Gasteiger partial charge in [-0.05, 0) is 27.7 Å². The summed E-state index contributed by atoms with van der Waals surface area (Å²) >= 11 is 0. The number of fused-ring (bicyclic) bond motifs is 1. The van der Waals surface area contributed by atoms with Gasteiger partial charge >= 0.3 is 17.9 Å². The lowest BCUT2D eigenvalue weighted by atomic mass is 9.94. The quantitative estimate of drug-likeness (QED) is 0.284. The number of esters is 2. The number of carbonyl (C=O) groups excluding carboxylic acids is 3. The third-order valence-corrected chi connectivity index (χ3v) is 7.44. The van der Waals surface area contributed by atoms with E-state index in [-0.39, 0.29) is 6.42 Å². The average molecular weight is 377 g/mol. The first-order valence-electron chi connectivity index (χ1n) is 7.38. The molecule has 1 N–H and O–H groups in total. The smallest absolute Gasteiger partial charge is 0.333 e. The number of carboxylic acids is 1. The second-order valence-electron chi connectivity index (χ2n) is 6.95. The number of hydrogen-bond acceptors (Lipinski definition) is 8. The van der Waals surface area contributed by atoms with Gasteiger partial charge in [-0.1, -0.05) is 0 Å². The maximum Gasteiger partial charge on any atom is 0.333 e. The van der Waals surface area contributed by atoms with Crippen LogP contribution in [0.5, 0.6) is 0 Å². The molecular weight excluding hydrogens is 358 g/mol. The standard InChI is InChI=1S/C14H19NO9S/c1-13(2,11(18)19)12(20)24-6-23-10(17)9-14(3,4)25(21,22)8-5-7(16)15(8)9/h8-9H,5-6H2,1-4H3,(H,18,19)/t8-,9+/m1/s1. The van der Waals surface area contributed by atoms with Gasteiger partial charge in [0.1, 0.15) is 11.4 Å². The van der Waals surface area contributed by atoms with Gasteiger partial charge in [-0.15, -0.1) is 0 Å². The lowest BCUT2D eigenvalue weighted by molar-refractivity contribution is -0.182. The fraction of sp³-hybridized carbons (Fsp3) is 0.714. The van der Waals surface area contributed by atoms with Crippen LogP contribution in [0.1, 0.15) is 34.1 Å². The highest BCUT2D eigenvalue weighted by Gasteiger charge is 2.68. The summed E-state index contributed by atoms with van der Waals surface area (Å²) < 4.78 is 32.6. The van der Waals surface area contributed by atoms with Crippen LogP contribution < -0.4 is 0 Å².